The molecule has 114 valence electrons. The van der Waals surface area contributed by atoms with Gasteiger partial charge in [-0.3, -0.25) is 4.79 Å². The monoisotopic (exact) mass is 322 g/mol. The molecule has 0 aromatic heterocycles. The Bertz CT molecular complexity index is 898. The lowest BCUT2D eigenvalue weighted by Gasteiger charge is -2.04. The van der Waals surface area contributed by atoms with Gasteiger partial charge in [0.25, 0.3) is 5.91 Å². The zero-order valence-corrected chi connectivity index (χ0v) is 13.3. The fraction of sp³-hybridized carbons (Fsp3) is 0.0526. The first-order valence-electron chi connectivity index (χ1n) is 7.22. The zero-order valence-electron chi connectivity index (χ0n) is 12.6. The summed E-state index contributed by atoms with van der Waals surface area (Å²) in [7, 11) is 0. The summed E-state index contributed by atoms with van der Waals surface area (Å²) >= 11 is 6.09. The maximum atomic E-state index is 12.1. The van der Waals surface area contributed by atoms with Gasteiger partial charge in [-0.25, -0.2) is 5.43 Å². The van der Waals surface area contributed by atoms with Crippen molar-refractivity contribution in [2.75, 3.05) is 0 Å². The summed E-state index contributed by atoms with van der Waals surface area (Å²) in [4.78, 5) is 12.1. The van der Waals surface area contributed by atoms with E-state index in [2.05, 4.69) is 10.5 Å². The Balaban J connectivity index is 1.79. The van der Waals surface area contributed by atoms with Crippen LogP contribution in [0.2, 0.25) is 5.02 Å². The van der Waals surface area contributed by atoms with Crippen molar-refractivity contribution >= 4 is 34.5 Å². The summed E-state index contributed by atoms with van der Waals surface area (Å²) < 4.78 is 0. The molecule has 4 heteroatoms. The molecule has 0 fully saturated rings. The van der Waals surface area contributed by atoms with E-state index in [9.17, 15) is 4.79 Å². The smallest absolute Gasteiger partial charge is 0.267 e. The molecule has 0 radical (unpaired) electrons. The number of nitrogens with one attached hydrogen (secondary N) is 1. The number of hydrazone groups is 1. The van der Waals surface area contributed by atoms with E-state index in [0.717, 1.165) is 21.9 Å². The third-order valence-electron chi connectivity index (χ3n) is 3.56. The standard InChI is InChI=1S/C19H15ClN2O/c1-13-9-10-17(18(20)11-13)19(23)22-21-12-15-7-4-6-14-5-2-3-8-16(14)15/h2-12H,1H3,(H,22,23)/b21-12-. The van der Waals surface area contributed by atoms with Crippen LogP contribution in [-0.2, 0) is 0 Å². The number of carbonyl (C=O) groups is 1. The van der Waals surface area contributed by atoms with Crippen molar-refractivity contribution in [1.29, 1.82) is 0 Å². The van der Waals surface area contributed by atoms with E-state index in [4.69, 9.17) is 11.6 Å². The van der Waals surface area contributed by atoms with Gasteiger partial charge in [0.05, 0.1) is 16.8 Å². The van der Waals surface area contributed by atoms with Gasteiger partial charge in [0.2, 0.25) is 0 Å². The second-order valence-corrected chi connectivity index (χ2v) is 5.66. The Kier molecular flexibility index (Phi) is 4.40. The van der Waals surface area contributed by atoms with Crippen LogP contribution in [0.25, 0.3) is 10.8 Å². The molecule has 0 aliphatic carbocycles. The van der Waals surface area contributed by atoms with Crippen molar-refractivity contribution in [3.63, 3.8) is 0 Å². The second-order valence-electron chi connectivity index (χ2n) is 5.25. The number of aryl methyl sites for hydroxylation is 1. The molecule has 0 spiro atoms. The quantitative estimate of drug-likeness (QED) is 0.557. The molecule has 0 saturated heterocycles. The van der Waals surface area contributed by atoms with Crippen LogP contribution in [0.4, 0.5) is 0 Å². The number of benzene rings is 3. The zero-order chi connectivity index (χ0) is 16.2. The minimum atomic E-state index is -0.327. The molecule has 3 nitrogen and oxygen atoms in total. The number of amides is 1. The number of hydrogen-bond donors (Lipinski definition) is 1. The second kappa shape index (κ2) is 6.63. The average molecular weight is 323 g/mol. The topological polar surface area (TPSA) is 41.5 Å². The van der Waals surface area contributed by atoms with Crippen LogP contribution in [0.3, 0.4) is 0 Å². The Morgan fingerprint density at radius 1 is 1.09 bits per heavy atom. The summed E-state index contributed by atoms with van der Waals surface area (Å²) in [6.45, 7) is 1.92. The maximum absolute atomic E-state index is 12.1. The number of fused-ring (bicyclic) bond motifs is 1. The van der Waals surface area contributed by atoms with E-state index in [1.165, 1.54) is 0 Å². The minimum Gasteiger partial charge on any atom is -0.267 e. The number of hydrogen-bond acceptors (Lipinski definition) is 2. The molecule has 0 saturated carbocycles. The highest BCUT2D eigenvalue weighted by molar-refractivity contribution is 6.33. The van der Waals surface area contributed by atoms with Crippen LogP contribution >= 0.6 is 11.6 Å². The summed E-state index contributed by atoms with van der Waals surface area (Å²) in [6.07, 6.45) is 1.64. The van der Waals surface area contributed by atoms with Crippen LogP contribution in [0.1, 0.15) is 21.5 Å². The van der Waals surface area contributed by atoms with Crippen LogP contribution < -0.4 is 5.43 Å². The molecule has 3 aromatic rings. The van der Waals surface area contributed by atoms with Gasteiger partial charge in [0.1, 0.15) is 0 Å². The van der Waals surface area contributed by atoms with Gasteiger partial charge in [-0.2, -0.15) is 5.10 Å². The van der Waals surface area contributed by atoms with Crippen LogP contribution in [0.5, 0.6) is 0 Å². The first-order valence-corrected chi connectivity index (χ1v) is 7.60. The Morgan fingerprint density at radius 3 is 2.70 bits per heavy atom. The number of nitrogens with zero attached hydrogens (tertiary/aromatic N) is 1. The summed E-state index contributed by atoms with van der Waals surface area (Å²) in [5.41, 5.74) is 4.88. The van der Waals surface area contributed by atoms with Crippen molar-refractivity contribution in [2.45, 2.75) is 6.92 Å². The van der Waals surface area contributed by atoms with E-state index < -0.39 is 0 Å². The molecule has 0 aliphatic heterocycles. The third-order valence-corrected chi connectivity index (χ3v) is 3.88. The predicted molar refractivity (Wildman–Crippen MR) is 95.2 cm³/mol. The van der Waals surface area contributed by atoms with Crippen LogP contribution in [0, 0.1) is 6.92 Å². The minimum absolute atomic E-state index is 0.327. The SMILES string of the molecule is Cc1ccc(C(=O)N/N=C\c2cccc3ccccc23)c(Cl)c1. The summed E-state index contributed by atoms with van der Waals surface area (Å²) in [5.74, 6) is -0.327. The van der Waals surface area contributed by atoms with Gasteiger partial charge < -0.3 is 0 Å². The van der Waals surface area contributed by atoms with Gasteiger partial charge in [-0.15, -0.1) is 0 Å². The van der Waals surface area contributed by atoms with E-state index in [0.29, 0.717) is 10.6 Å². The normalized spacial score (nSPS) is 11.0. The molecule has 1 amide bonds. The number of rotatable bonds is 3. The third kappa shape index (κ3) is 3.41. The van der Waals surface area contributed by atoms with E-state index in [1.54, 1.807) is 18.3 Å². The van der Waals surface area contributed by atoms with Crippen molar-refractivity contribution in [3.05, 3.63) is 82.4 Å². The molecule has 3 aromatic carbocycles. The average Bonchev–Trinajstić information content (AvgIpc) is 2.55. The number of carbonyl (C=O) groups excluding carboxylic acids is 1. The lowest BCUT2D eigenvalue weighted by molar-refractivity contribution is 0.0955. The molecule has 3 rings (SSSR count). The lowest BCUT2D eigenvalue weighted by atomic mass is 10.1. The first-order chi connectivity index (χ1) is 11.1. The predicted octanol–water partition coefficient (Wildman–Crippen LogP) is 4.57. The molecular weight excluding hydrogens is 308 g/mol. The molecule has 0 aliphatic rings. The fourth-order valence-corrected chi connectivity index (χ4v) is 2.71. The van der Waals surface area contributed by atoms with Crippen LogP contribution in [-0.4, -0.2) is 12.1 Å². The van der Waals surface area contributed by atoms with E-state index in [-0.39, 0.29) is 5.91 Å². The fourth-order valence-electron chi connectivity index (χ4n) is 2.39. The van der Waals surface area contributed by atoms with Crippen molar-refractivity contribution in [2.24, 2.45) is 5.10 Å². The molecule has 1 N–H and O–H groups in total. The molecule has 0 atom stereocenters. The summed E-state index contributed by atoms with van der Waals surface area (Å²) in [5, 5.41) is 6.68. The highest BCUT2D eigenvalue weighted by Gasteiger charge is 2.09. The Labute approximate surface area is 139 Å². The van der Waals surface area contributed by atoms with Crippen molar-refractivity contribution in [3.8, 4) is 0 Å². The van der Waals surface area contributed by atoms with Gasteiger partial charge >= 0.3 is 0 Å². The highest BCUT2D eigenvalue weighted by Crippen LogP contribution is 2.18. The Hall–Kier alpha value is -2.65. The molecule has 23 heavy (non-hydrogen) atoms. The molecule has 0 unspecified atom stereocenters. The Morgan fingerprint density at radius 2 is 1.87 bits per heavy atom. The molecule has 0 bridgehead atoms. The first kappa shape index (κ1) is 15.3. The summed E-state index contributed by atoms with van der Waals surface area (Å²) in [6, 6.07) is 19.3. The van der Waals surface area contributed by atoms with Gasteiger partial charge in [-0.05, 0) is 35.4 Å². The number of halogens is 1. The highest BCUT2D eigenvalue weighted by atomic mass is 35.5. The molecule has 0 heterocycles. The van der Waals surface area contributed by atoms with E-state index in [1.807, 2.05) is 55.5 Å². The maximum Gasteiger partial charge on any atom is 0.272 e. The largest absolute Gasteiger partial charge is 0.272 e. The van der Waals surface area contributed by atoms with Crippen molar-refractivity contribution in [1.82, 2.24) is 5.43 Å². The van der Waals surface area contributed by atoms with Gasteiger partial charge in [0.15, 0.2) is 0 Å². The molecular formula is C19H15ClN2O. The van der Waals surface area contributed by atoms with Gasteiger partial charge in [-0.1, -0.05) is 60.1 Å². The van der Waals surface area contributed by atoms with Crippen LogP contribution in [0.15, 0.2) is 65.8 Å². The van der Waals surface area contributed by atoms with E-state index >= 15 is 0 Å². The van der Waals surface area contributed by atoms with Crippen molar-refractivity contribution < 1.29 is 4.79 Å². The van der Waals surface area contributed by atoms with Gasteiger partial charge in [0, 0.05) is 5.56 Å². The lowest BCUT2D eigenvalue weighted by Crippen LogP contribution is -2.18.